The van der Waals surface area contributed by atoms with Crippen LogP contribution in [-0.2, 0) is 17.1 Å². The lowest BCUT2D eigenvalue weighted by molar-refractivity contribution is 0.527. The topological polar surface area (TPSA) is 127 Å². The summed E-state index contributed by atoms with van der Waals surface area (Å²) in [6, 6.07) is 8.72. The van der Waals surface area contributed by atoms with Crippen molar-refractivity contribution in [2.45, 2.75) is 4.90 Å². The number of fused-ring (bicyclic) bond motifs is 2. The smallest absolute Gasteiger partial charge is 0.408 e. The van der Waals surface area contributed by atoms with E-state index in [1.54, 1.807) is 12.1 Å². The number of anilines is 1. The number of nitrogens with one attached hydrogen (secondary N) is 2. The molecule has 0 radical (unpaired) electrons. The fourth-order valence-corrected chi connectivity index (χ4v) is 3.62. The van der Waals surface area contributed by atoms with Crippen molar-refractivity contribution in [1.29, 1.82) is 0 Å². The van der Waals surface area contributed by atoms with Crippen LogP contribution in [0, 0.1) is 0 Å². The van der Waals surface area contributed by atoms with Gasteiger partial charge in [-0.3, -0.25) is 14.3 Å². The van der Waals surface area contributed by atoms with E-state index in [0.717, 1.165) is 0 Å². The van der Waals surface area contributed by atoms with Gasteiger partial charge in [0.25, 0.3) is 10.0 Å². The van der Waals surface area contributed by atoms with E-state index in [1.165, 1.54) is 35.9 Å². The molecule has 2 aromatic heterocycles. The SMILES string of the molecule is Cn1c(=O)oc2cc(S(=O)(=O)Nc3cccc4[nH]c(=O)oc34)ccc21. The number of hydrogen-bond acceptors (Lipinski definition) is 6. The molecular weight excluding hydrogens is 350 g/mol. The number of benzene rings is 2. The Morgan fingerprint density at radius 3 is 2.72 bits per heavy atom. The van der Waals surface area contributed by atoms with Crippen LogP contribution in [0.5, 0.6) is 0 Å². The monoisotopic (exact) mass is 361 g/mol. The number of oxazole rings is 2. The second-order valence-corrected chi connectivity index (χ2v) is 7.04. The Morgan fingerprint density at radius 1 is 1.12 bits per heavy atom. The first-order valence-electron chi connectivity index (χ1n) is 7.09. The average Bonchev–Trinajstić information content (AvgIpc) is 3.07. The zero-order chi connectivity index (χ0) is 17.8. The van der Waals surface area contributed by atoms with E-state index in [0.29, 0.717) is 11.0 Å². The first-order valence-corrected chi connectivity index (χ1v) is 8.58. The summed E-state index contributed by atoms with van der Waals surface area (Å²) in [6.07, 6.45) is 0. The fraction of sp³-hybridized carbons (Fsp3) is 0.0667. The molecule has 0 unspecified atom stereocenters. The summed E-state index contributed by atoms with van der Waals surface area (Å²) in [4.78, 5) is 25.2. The average molecular weight is 361 g/mol. The van der Waals surface area contributed by atoms with Crippen LogP contribution in [0.4, 0.5) is 5.69 Å². The van der Waals surface area contributed by atoms with Crippen molar-refractivity contribution >= 4 is 37.9 Å². The van der Waals surface area contributed by atoms with Crippen molar-refractivity contribution in [3.8, 4) is 0 Å². The van der Waals surface area contributed by atoms with Crippen LogP contribution in [0.25, 0.3) is 22.2 Å². The maximum absolute atomic E-state index is 12.6. The van der Waals surface area contributed by atoms with Gasteiger partial charge in [0.05, 0.1) is 21.6 Å². The highest BCUT2D eigenvalue weighted by molar-refractivity contribution is 7.92. The van der Waals surface area contributed by atoms with Crippen LogP contribution in [-0.4, -0.2) is 18.0 Å². The molecule has 2 N–H and O–H groups in total. The Balaban J connectivity index is 1.81. The summed E-state index contributed by atoms with van der Waals surface area (Å²) in [5, 5.41) is 0. The Bertz CT molecular complexity index is 1340. The highest BCUT2D eigenvalue weighted by Crippen LogP contribution is 2.25. The molecule has 128 valence electrons. The van der Waals surface area contributed by atoms with Gasteiger partial charge in [-0.1, -0.05) is 6.07 Å². The van der Waals surface area contributed by atoms with Crippen LogP contribution in [0.2, 0.25) is 0 Å². The van der Waals surface area contributed by atoms with Crippen molar-refractivity contribution in [3.63, 3.8) is 0 Å². The third-order valence-electron chi connectivity index (χ3n) is 3.76. The molecular formula is C15H11N3O6S. The van der Waals surface area contributed by atoms with Crippen molar-refractivity contribution < 1.29 is 17.3 Å². The number of para-hydroxylation sites is 1. The molecule has 4 aromatic rings. The molecule has 0 saturated carbocycles. The summed E-state index contributed by atoms with van der Waals surface area (Å²) < 4.78 is 38.9. The maximum atomic E-state index is 12.6. The highest BCUT2D eigenvalue weighted by atomic mass is 32.2. The molecule has 0 atom stereocenters. The van der Waals surface area contributed by atoms with E-state index in [-0.39, 0.29) is 21.7 Å². The largest absolute Gasteiger partial charge is 0.419 e. The summed E-state index contributed by atoms with van der Waals surface area (Å²) in [5.41, 5.74) is 1.22. The van der Waals surface area contributed by atoms with Gasteiger partial charge < -0.3 is 8.83 Å². The van der Waals surface area contributed by atoms with Gasteiger partial charge in [-0.25, -0.2) is 18.0 Å². The minimum absolute atomic E-state index is 0.0933. The second-order valence-electron chi connectivity index (χ2n) is 5.36. The number of aryl methyl sites for hydroxylation is 1. The lowest BCUT2D eigenvalue weighted by atomic mass is 10.3. The molecule has 2 aromatic carbocycles. The van der Waals surface area contributed by atoms with Gasteiger partial charge in [0.2, 0.25) is 0 Å². The standard InChI is InChI=1S/C15H11N3O6S/c1-18-11-6-5-8(7-12(11)23-15(18)20)25(21,22)17-10-4-2-3-9-13(10)24-14(19)16-9/h2-7,17H,1H3,(H,16,19). The predicted molar refractivity (Wildman–Crippen MR) is 89.1 cm³/mol. The van der Waals surface area contributed by atoms with Gasteiger partial charge >= 0.3 is 11.5 Å². The first-order chi connectivity index (χ1) is 11.8. The minimum Gasteiger partial charge on any atom is -0.408 e. The van der Waals surface area contributed by atoms with Crippen molar-refractivity contribution in [2.75, 3.05) is 4.72 Å². The van der Waals surface area contributed by atoms with Gasteiger partial charge in [-0.2, -0.15) is 0 Å². The molecule has 0 saturated heterocycles. The molecule has 0 bridgehead atoms. The van der Waals surface area contributed by atoms with Crippen molar-refractivity contribution in [3.05, 3.63) is 57.5 Å². The van der Waals surface area contributed by atoms with E-state index in [9.17, 15) is 18.0 Å². The van der Waals surface area contributed by atoms with Gasteiger partial charge in [0, 0.05) is 13.1 Å². The zero-order valence-electron chi connectivity index (χ0n) is 12.8. The number of nitrogens with zero attached hydrogens (tertiary/aromatic N) is 1. The first kappa shape index (κ1) is 15.3. The quantitative estimate of drug-likeness (QED) is 0.567. The van der Waals surface area contributed by atoms with Crippen molar-refractivity contribution in [1.82, 2.24) is 9.55 Å². The van der Waals surface area contributed by atoms with Gasteiger partial charge in [-0.15, -0.1) is 0 Å². The second kappa shape index (κ2) is 5.11. The van der Waals surface area contributed by atoms with Gasteiger partial charge in [0.15, 0.2) is 11.2 Å². The van der Waals surface area contributed by atoms with E-state index >= 15 is 0 Å². The summed E-state index contributed by atoms with van der Waals surface area (Å²) in [5.74, 6) is -1.27. The molecule has 0 aliphatic rings. The molecule has 10 heteroatoms. The third-order valence-corrected chi connectivity index (χ3v) is 5.13. The normalized spacial score (nSPS) is 12.0. The van der Waals surface area contributed by atoms with E-state index in [2.05, 4.69) is 9.71 Å². The fourth-order valence-electron chi connectivity index (χ4n) is 2.54. The van der Waals surface area contributed by atoms with Crippen molar-refractivity contribution in [2.24, 2.45) is 7.05 Å². The number of rotatable bonds is 3. The molecule has 0 amide bonds. The zero-order valence-corrected chi connectivity index (χ0v) is 13.6. The summed E-state index contributed by atoms with van der Waals surface area (Å²) >= 11 is 0. The molecule has 0 aliphatic heterocycles. The maximum Gasteiger partial charge on any atom is 0.419 e. The number of aromatic nitrogens is 2. The number of hydrogen-bond donors (Lipinski definition) is 2. The molecule has 9 nitrogen and oxygen atoms in total. The number of H-pyrrole nitrogens is 1. The van der Waals surface area contributed by atoms with E-state index in [4.69, 9.17) is 8.83 Å². The molecule has 2 heterocycles. The summed E-state index contributed by atoms with van der Waals surface area (Å²) in [7, 11) is -2.46. The summed E-state index contributed by atoms with van der Waals surface area (Å²) in [6.45, 7) is 0. The minimum atomic E-state index is -3.99. The third kappa shape index (κ3) is 2.43. The van der Waals surface area contributed by atoms with Gasteiger partial charge in [-0.05, 0) is 24.3 Å². The van der Waals surface area contributed by atoms with Gasteiger partial charge in [0.1, 0.15) is 0 Å². The Morgan fingerprint density at radius 2 is 1.92 bits per heavy atom. The highest BCUT2D eigenvalue weighted by Gasteiger charge is 2.19. The Labute approximate surface area is 139 Å². The lowest BCUT2D eigenvalue weighted by Gasteiger charge is -2.08. The molecule has 25 heavy (non-hydrogen) atoms. The van der Waals surface area contributed by atoms with Crippen LogP contribution in [0.15, 0.2) is 59.7 Å². The van der Waals surface area contributed by atoms with Crippen LogP contribution in [0.1, 0.15) is 0 Å². The van der Waals surface area contributed by atoms with Crippen LogP contribution < -0.4 is 16.2 Å². The Hall–Kier alpha value is -3.27. The van der Waals surface area contributed by atoms with E-state index in [1.807, 2.05) is 0 Å². The Kier molecular flexibility index (Phi) is 3.12. The molecule has 0 spiro atoms. The molecule has 4 rings (SSSR count). The van der Waals surface area contributed by atoms with E-state index < -0.39 is 21.5 Å². The molecule has 0 fully saturated rings. The lowest BCUT2D eigenvalue weighted by Crippen LogP contribution is -2.13. The predicted octanol–water partition coefficient (Wildman–Crippen LogP) is 1.37. The number of aromatic amines is 1. The number of sulfonamides is 1. The van der Waals surface area contributed by atoms with Crippen LogP contribution in [0.3, 0.4) is 0 Å². The van der Waals surface area contributed by atoms with Crippen LogP contribution >= 0.6 is 0 Å². The molecule has 0 aliphatic carbocycles.